The number of benzene rings is 1. The SMILES string of the molecule is O=C(N/N=C\C1CCCCC1)c1ccc2c(=O)n3c(nc2c1)CCC3. The molecule has 6 heteroatoms. The molecule has 1 saturated carbocycles. The lowest BCUT2D eigenvalue weighted by atomic mass is 9.90. The van der Waals surface area contributed by atoms with Crippen molar-refractivity contribution in [2.24, 2.45) is 11.0 Å². The summed E-state index contributed by atoms with van der Waals surface area (Å²) >= 11 is 0. The molecule has 1 N–H and O–H groups in total. The van der Waals surface area contributed by atoms with Gasteiger partial charge in [-0.25, -0.2) is 10.4 Å². The Morgan fingerprint density at radius 2 is 2.08 bits per heavy atom. The topological polar surface area (TPSA) is 76.3 Å². The maximum absolute atomic E-state index is 12.4. The van der Waals surface area contributed by atoms with Crippen LogP contribution in [-0.4, -0.2) is 21.7 Å². The molecule has 1 aliphatic heterocycles. The summed E-state index contributed by atoms with van der Waals surface area (Å²) in [5.74, 6) is 1.01. The minimum absolute atomic E-state index is 0.0141. The molecule has 2 heterocycles. The molecule has 0 spiro atoms. The summed E-state index contributed by atoms with van der Waals surface area (Å²) < 4.78 is 1.73. The number of carbonyl (C=O) groups excluding carboxylic acids is 1. The second kappa shape index (κ2) is 6.78. The molecule has 2 aromatic rings. The molecule has 0 saturated heterocycles. The molecule has 0 atom stereocenters. The third kappa shape index (κ3) is 3.21. The van der Waals surface area contributed by atoms with Crippen molar-refractivity contribution in [3.63, 3.8) is 0 Å². The highest BCUT2D eigenvalue weighted by Gasteiger charge is 2.17. The van der Waals surface area contributed by atoms with Gasteiger partial charge in [-0.05, 0) is 43.4 Å². The minimum Gasteiger partial charge on any atom is -0.296 e. The molecular weight excluding hydrogens is 316 g/mol. The zero-order chi connectivity index (χ0) is 17.2. The first-order valence-corrected chi connectivity index (χ1v) is 9.09. The number of nitrogens with zero attached hydrogens (tertiary/aromatic N) is 3. The Hall–Kier alpha value is -2.50. The zero-order valence-electron chi connectivity index (χ0n) is 14.2. The van der Waals surface area contributed by atoms with Gasteiger partial charge in [0.05, 0.1) is 10.9 Å². The highest BCUT2D eigenvalue weighted by Crippen LogP contribution is 2.21. The van der Waals surface area contributed by atoms with Crippen LogP contribution in [0.2, 0.25) is 0 Å². The Morgan fingerprint density at radius 3 is 2.92 bits per heavy atom. The van der Waals surface area contributed by atoms with Crippen LogP contribution in [0.4, 0.5) is 0 Å². The number of amides is 1. The third-order valence-electron chi connectivity index (χ3n) is 5.18. The molecule has 0 radical (unpaired) electrons. The first kappa shape index (κ1) is 16.0. The number of fused-ring (bicyclic) bond motifs is 2. The Balaban J connectivity index is 1.53. The summed E-state index contributed by atoms with van der Waals surface area (Å²) in [4.78, 5) is 29.3. The van der Waals surface area contributed by atoms with Crippen molar-refractivity contribution in [2.75, 3.05) is 0 Å². The van der Waals surface area contributed by atoms with Crippen molar-refractivity contribution in [2.45, 2.75) is 51.5 Å². The van der Waals surface area contributed by atoms with Crippen LogP contribution in [0.5, 0.6) is 0 Å². The molecule has 1 aliphatic carbocycles. The van der Waals surface area contributed by atoms with Crippen molar-refractivity contribution < 1.29 is 4.79 Å². The van der Waals surface area contributed by atoms with Crippen molar-refractivity contribution in [3.8, 4) is 0 Å². The van der Waals surface area contributed by atoms with E-state index in [1.165, 1.54) is 19.3 Å². The first-order valence-electron chi connectivity index (χ1n) is 9.09. The van der Waals surface area contributed by atoms with E-state index in [1.807, 2.05) is 6.21 Å². The molecule has 130 valence electrons. The second-order valence-electron chi connectivity index (χ2n) is 6.94. The fourth-order valence-electron chi connectivity index (χ4n) is 3.77. The van der Waals surface area contributed by atoms with E-state index in [9.17, 15) is 9.59 Å². The Kier molecular flexibility index (Phi) is 4.34. The van der Waals surface area contributed by atoms with E-state index in [1.54, 1.807) is 22.8 Å². The van der Waals surface area contributed by atoms with Crippen LogP contribution in [0.1, 0.15) is 54.7 Å². The third-order valence-corrected chi connectivity index (χ3v) is 5.18. The Labute approximate surface area is 146 Å². The van der Waals surface area contributed by atoms with Crippen LogP contribution in [0, 0.1) is 5.92 Å². The number of aromatic nitrogens is 2. The van der Waals surface area contributed by atoms with E-state index in [4.69, 9.17) is 0 Å². The van der Waals surface area contributed by atoms with Crippen molar-refractivity contribution >= 4 is 23.0 Å². The van der Waals surface area contributed by atoms with Crippen LogP contribution in [0.15, 0.2) is 28.1 Å². The Bertz CT molecular complexity index is 894. The van der Waals surface area contributed by atoms with Crippen LogP contribution in [0.3, 0.4) is 0 Å². The summed E-state index contributed by atoms with van der Waals surface area (Å²) in [5, 5.41) is 4.68. The van der Waals surface area contributed by atoms with Gasteiger partial charge in [0.25, 0.3) is 11.5 Å². The van der Waals surface area contributed by atoms with Gasteiger partial charge >= 0.3 is 0 Å². The fraction of sp³-hybridized carbons (Fsp3) is 0.474. The molecule has 1 amide bonds. The number of aryl methyl sites for hydroxylation is 1. The van der Waals surface area contributed by atoms with E-state index in [2.05, 4.69) is 15.5 Å². The molecule has 1 fully saturated rings. The van der Waals surface area contributed by atoms with Crippen LogP contribution >= 0.6 is 0 Å². The molecule has 2 aliphatic rings. The summed E-state index contributed by atoms with van der Waals surface area (Å²) in [6.07, 6.45) is 9.68. The number of hydrogen-bond donors (Lipinski definition) is 1. The standard InChI is InChI=1S/C19H22N4O2/c24-18(22-20-12-13-5-2-1-3-6-13)14-8-9-15-16(11-14)21-17-7-4-10-23(17)19(15)25/h8-9,11-13H,1-7,10H2,(H,22,24)/b20-12-. The molecule has 1 aromatic carbocycles. The van der Waals surface area contributed by atoms with E-state index in [0.29, 0.717) is 22.4 Å². The predicted octanol–water partition coefficient (Wildman–Crippen LogP) is 2.64. The molecule has 25 heavy (non-hydrogen) atoms. The summed E-state index contributed by atoms with van der Waals surface area (Å²) in [6, 6.07) is 5.04. The van der Waals surface area contributed by atoms with Gasteiger partial charge in [-0.2, -0.15) is 5.10 Å². The van der Waals surface area contributed by atoms with E-state index in [0.717, 1.165) is 38.1 Å². The highest BCUT2D eigenvalue weighted by atomic mass is 16.2. The number of carbonyl (C=O) groups is 1. The van der Waals surface area contributed by atoms with Gasteiger partial charge in [-0.1, -0.05) is 19.3 Å². The van der Waals surface area contributed by atoms with Gasteiger partial charge in [0.15, 0.2) is 0 Å². The number of hydrazone groups is 1. The van der Waals surface area contributed by atoms with Gasteiger partial charge in [-0.3, -0.25) is 14.2 Å². The maximum atomic E-state index is 12.4. The maximum Gasteiger partial charge on any atom is 0.271 e. The van der Waals surface area contributed by atoms with Crippen molar-refractivity contribution in [1.82, 2.24) is 15.0 Å². The lowest BCUT2D eigenvalue weighted by Gasteiger charge is -2.16. The Morgan fingerprint density at radius 1 is 1.24 bits per heavy atom. The molecule has 4 rings (SSSR count). The molecular formula is C19H22N4O2. The van der Waals surface area contributed by atoms with Gasteiger partial charge < -0.3 is 0 Å². The number of rotatable bonds is 3. The summed E-state index contributed by atoms with van der Waals surface area (Å²) in [5.41, 5.74) is 3.64. The number of hydrogen-bond acceptors (Lipinski definition) is 4. The number of nitrogens with one attached hydrogen (secondary N) is 1. The average molecular weight is 338 g/mol. The summed E-state index contributed by atoms with van der Waals surface area (Å²) in [7, 11) is 0. The summed E-state index contributed by atoms with van der Waals surface area (Å²) in [6.45, 7) is 0.731. The van der Waals surface area contributed by atoms with E-state index < -0.39 is 0 Å². The average Bonchev–Trinajstić information content (AvgIpc) is 3.11. The van der Waals surface area contributed by atoms with Gasteiger partial charge in [0, 0.05) is 24.7 Å². The van der Waals surface area contributed by atoms with Gasteiger partial charge in [0.1, 0.15) is 5.82 Å². The second-order valence-corrected chi connectivity index (χ2v) is 6.94. The molecule has 0 bridgehead atoms. The fourth-order valence-corrected chi connectivity index (χ4v) is 3.77. The quantitative estimate of drug-likeness (QED) is 0.690. The van der Waals surface area contributed by atoms with Crippen LogP contribution < -0.4 is 11.0 Å². The van der Waals surface area contributed by atoms with E-state index >= 15 is 0 Å². The van der Waals surface area contributed by atoms with Gasteiger partial charge in [0.2, 0.25) is 0 Å². The normalized spacial score (nSPS) is 17.9. The van der Waals surface area contributed by atoms with Crippen LogP contribution in [0.25, 0.3) is 10.9 Å². The van der Waals surface area contributed by atoms with Gasteiger partial charge in [-0.15, -0.1) is 0 Å². The van der Waals surface area contributed by atoms with E-state index in [-0.39, 0.29) is 11.5 Å². The zero-order valence-corrected chi connectivity index (χ0v) is 14.2. The monoisotopic (exact) mass is 338 g/mol. The largest absolute Gasteiger partial charge is 0.296 e. The molecule has 1 aromatic heterocycles. The molecule has 6 nitrogen and oxygen atoms in total. The smallest absolute Gasteiger partial charge is 0.271 e. The first-order chi connectivity index (χ1) is 12.2. The molecule has 0 unspecified atom stereocenters. The van der Waals surface area contributed by atoms with Crippen molar-refractivity contribution in [1.29, 1.82) is 0 Å². The van der Waals surface area contributed by atoms with Crippen LogP contribution in [-0.2, 0) is 13.0 Å². The highest BCUT2D eigenvalue weighted by molar-refractivity contribution is 5.97. The minimum atomic E-state index is -0.267. The lowest BCUT2D eigenvalue weighted by Crippen LogP contribution is -2.22. The predicted molar refractivity (Wildman–Crippen MR) is 96.9 cm³/mol. The lowest BCUT2D eigenvalue weighted by molar-refractivity contribution is 0.0955. The van der Waals surface area contributed by atoms with Crippen molar-refractivity contribution in [3.05, 3.63) is 39.9 Å².